The van der Waals surface area contributed by atoms with Crippen LogP contribution in [0.5, 0.6) is 0 Å². The molecule has 0 atom stereocenters. The maximum absolute atomic E-state index is 5.35. The molecule has 0 aliphatic carbocycles. The van der Waals surface area contributed by atoms with Crippen molar-refractivity contribution in [3.05, 3.63) is 0 Å². The molecule has 0 rings (SSSR count). The van der Waals surface area contributed by atoms with Gasteiger partial charge in [-0.15, -0.1) is 0 Å². The Kier molecular flexibility index (Phi) is 23.4. The van der Waals surface area contributed by atoms with E-state index in [0.717, 1.165) is 22.9 Å². The minimum absolute atomic E-state index is 0.149. The van der Waals surface area contributed by atoms with Gasteiger partial charge in [-0.25, -0.2) is 0 Å². The Morgan fingerprint density at radius 3 is 1.38 bits per heavy atom. The summed E-state index contributed by atoms with van der Waals surface area (Å²) in [5, 5.41) is 0. The average molecular weight is 531 g/mol. The van der Waals surface area contributed by atoms with Crippen LogP contribution in [-0.4, -0.2) is 72.9 Å². The van der Waals surface area contributed by atoms with Gasteiger partial charge in [-0.2, -0.15) is 0 Å². The molecule has 0 fully saturated rings. The molecule has 0 bridgehead atoms. The summed E-state index contributed by atoms with van der Waals surface area (Å²) in [5.41, 5.74) is 0. The molecule has 0 aliphatic rings. The second-order valence-corrected chi connectivity index (χ2v) is 12.5. The first-order valence-electron chi connectivity index (χ1n) is 8.13. The average Bonchev–Trinajstić information content (AvgIpc) is 2.48. The van der Waals surface area contributed by atoms with E-state index >= 15 is 0 Å². The number of rotatable bonds is 13. The van der Waals surface area contributed by atoms with Gasteiger partial charge in [0.2, 0.25) is 0 Å². The summed E-state index contributed by atoms with van der Waals surface area (Å²) in [5.74, 6) is 0. The molecule has 0 aromatic rings. The Labute approximate surface area is 157 Å². The first-order valence-corrected chi connectivity index (χ1v) is 15.0. The molecular formula is C14H33O4SiSn2. The molecule has 0 amide bonds. The van der Waals surface area contributed by atoms with Crippen LogP contribution in [0.2, 0.25) is 8.87 Å². The summed E-state index contributed by atoms with van der Waals surface area (Å²) in [6.07, 6.45) is 5.84. The molecule has 7 heteroatoms. The van der Waals surface area contributed by atoms with Gasteiger partial charge in [0.1, 0.15) is 0 Å². The second kappa shape index (κ2) is 19.7. The zero-order chi connectivity index (χ0) is 16.4. The minimum atomic E-state index is -2.73. The fourth-order valence-electron chi connectivity index (χ4n) is 1.47. The van der Waals surface area contributed by atoms with E-state index in [1.54, 1.807) is 8.87 Å². The summed E-state index contributed by atoms with van der Waals surface area (Å²) < 4.78 is 24.5. The van der Waals surface area contributed by atoms with Crippen LogP contribution < -0.4 is 0 Å². The summed E-state index contributed by atoms with van der Waals surface area (Å²) >= 11 is 1.07. The standard InChI is InChI=1S/C6H15O4Si.2C4H9.2Sn/c1-4-8-11(7,9-5-2)10-6-3;2*1-3-4-2;;/h4-6H2,1-3H3;2*1,3-4H2,2H3;;/q-1;;;;+1. The van der Waals surface area contributed by atoms with Crippen LogP contribution in [0.15, 0.2) is 0 Å². The molecule has 0 aliphatic heterocycles. The Hall–Kier alpha value is 1.65. The zero-order valence-electron chi connectivity index (χ0n) is 14.5. The molecule has 0 heterocycles. The molecule has 0 aromatic heterocycles. The van der Waals surface area contributed by atoms with Crippen molar-refractivity contribution in [1.29, 1.82) is 0 Å². The van der Waals surface area contributed by atoms with Crippen molar-refractivity contribution in [2.45, 2.75) is 69.2 Å². The van der Waals surface area contributed by atoms with Crippen molar-refractivity contribution >= 4 is 53.1 Å². The fourth-order valence-corrected chi connectivity index (χ4v) is 8.63. The zero-order valence-corrected chi connectivity index (χ0v) is 21.2. The van der Waals surface area contributed by atoms with E-state index in [1.165, 1.54) is 25.7 Å². The van der Waals surface area contributed by atoms with E-state index < -0.39 is 9.05 Å². The van der Waals surface area contributed by atoms with Gasteiger partial charge in [-0.05, 0) is 0 Å². The third-order valence-corrected chi connectivity index (χ3v) is 10.9. The predicted octanol–water partition coefficient (Wildman–Crippen LogP) is 3.76. The van der Waals surface area contributed by atoms with Crippen molar-refractivity contribution in [3.63, 3.8) is 0 Å². The topological polar surface area (TPSA) is 36.9 Å². The summed E-state index contributed by atoms with van der Waals surface area (Å²) in [6, 6.07) is 0. The van der Waals surface area contributed by atoms with Crippen molar-refractivity contribution in [1.82, 2.24) is 0 Å². The fraction of sp³-hybridized carbons (Fsp3) is 1.00. The molecular weight excluding hydrogens is 498 g/mol. The van der Waals surface area contributed by atoms with Crippen LogP contribution in [0.1, 0.15) is 60.3 Å². The number of hydrogen-bond donors (Lipinski definition) is 0. The molecule has 0 spiro atoms. The van der Waals surface area contributed by atoms with Crippen molar-refractivity contribution in [2.75, 3.05) is 19.8 Å². The monoisotopic (exact) mass is 533 g/mol. The second-order valence-electron chi connectivity index (χ2n) is 4.36. The van der Waals surface area contributed by atoms with E-state index in [4.69, 9.17) is 16.0 Å². The Bertz CT molecular complexity index is 177. The Balaban J connectivity index is 0. The number of hydrogen-bond acceptors (Lipinski definition) is 4. The SMILES string of the molecule is CCC[CH2][Sn][CH2]CCC.CCO[Si]([O][Sn])(OCC)OCC. The predicted molar refractivity (Wildman–Crippen MR) is 92.7 cm³/mol. The van der Waals surface area contributed by atoms with E-state index in [2.05, 4.69) is 13.8 Å². The first-order chi connectivity index (χ1) is 10.2. The Morgan fingerprint density at radius 2 is 1.14 bits per heavy atom. The van der Waals surface area contributed by atoms with E-state index in [9.17, 15) is 0 Å². The Morgan fingerprint density at radius 1 is 0.762 bits per heavy atom. The van der Waals surface area contributed by atoms with Gasteiger partial charge in [-0.3, -0.25) is 0 Å². The molecule has 0 N–H and O–H groups in total. The maximum atomic E-state index is 5.35. The van der Waals surface area contributed by atoms with Crippen LogP contribution >= 0.6 is 0 Å². The van der Waals surface area contributed by atoms with E-state index in [1.807, 2.05) is 20.8 Å². The van der Waals surface area contributed by atoms with Gasteiger partial charge >= 0.3 is 158 Å². The van der Waals surface area contributed by atoms with Gasteiger partial charge in [0.05, 0.1) is 0 Å². The molecule has 4 nitrogen and oxygen atoms in total. The van der Waals surface area contributed by atoms with E-state index in [-0.39, 0.29) is 21.1 Å². The third kappa shape index (κ3) is 16.3. The first kappa shape index (κ1) is 24.9. The molecule has 125 valence electrons. The van der Waals surface area contributed by atoms with Crippen LogP contribution in [0.3, 0.4) is 0 Å². The third-order valence-electron chi connectivity index (χ3n) is 2.50. The normalized spacial score (nSPS) is 11.1. The van der Waals surface area contributed by atoms with Crippen molar-refractivity contribution in [3.8, 4) is 0 Å². The van der Waals surface area contributed by atoms with Crippen molar-refractivity contribution in [2.24, 2.45) is 0 Å². The van der Waals surface area contributed by atoms with Gasteiger partial charge in [0.25, 0.3) is 0 Å². The van der Waals surface area contributed by atoms with Gasteiger partial charge in [0, 0.05) is 0 Å². The summed E-state index contributed by atoms with van der Waals surface area (Å²) in [4.78, 5) is 0. The summed E-state index contributed by atoms with van der Waals surface area (Å²) in [7, 11) is -2.73. The molecule has 0 saturated heterocycles. The quantitative estimate of drug-likeness (QED) is 0.268. The molecule has 0 saturated carbocycles. The molecule has 0 unspecified atom stereocenters. The van der Waals surface area contributed by atoms with Crippen LogP contribution in [0.4, 0.5) is 0 Å². The van der Waals surface area contributed by atoms with Crippen LogP contribution in [0.25, 0.3) is 0 Å². The van der Waals surface area contributed by atoms with Gasteiger partial charge in [0.15, 0.2) is 0 Å². The van der Waals surface area contributed by atoms with Crippen molar-refractivity contribution < 1.29 is 16.0 Å². The van der Waals surface area contributed by atoms with Gasteiger partial charge < -0.3 is 0 Å². The van der Waals surface area contributed by atoms with Crippen LogP contribution in [0, 0.1) is 0 Å². The van der Waals surface area contributed by atoms with E-state index in [0.29, 0.717) is 19.8 Å². The summed E-state index contributed by atoms with van der Waals surface area (Å²) in [6.45, 7) is 11.9. The van der Waals surface area contributed by atoms with Gasteiger partial charge in [-0.1, -0.05) is 0 Å². The molecule has 21 heavy (non-hydrogen) atoms. The number of unbranched alkanes of at least 4 members (excludes halogenated alkanes) is 2. The van der Waals surface area contributed by atoms with Crippen LogP contribution in [-0.2, 0) is 16.0 Å². The molecule has 5 radical (unpaired) electrons. The molecule has 0 aromatic carbocycles.